The Morgan fingerprint density at radius 3 is 2.39 bits per heavy atom. The topological polar surface area (TPSA) is 120 Å². The molecule has 0 spiro atoms. The van der Waals surface area contributed by atoms with Crippen molar-refractivity contribution < 1.29 is 23.6 Å². The van der Waals surface area contributed by atoms with E-state index in [0.717, 1.165) is 5.56 Å². The lowest BCUT2D eigenvalue weighted by molar-refractivity contribution is 0.0671. The van der Waals surface area contributed by atoms with E-state index in [-0.39, 0.29) is 23.8 Å². The number of ether oxygens (including phenoxy) is 2. The Hall–Kier alpha value is -3.85. The molecule has 9 heteroatoms. The molecule has 0 bridgehead atoms. The van der Waals surface area contributed by atoms with Crippen LogP contribution in [-0.2, 0) is 6.54 Å². The average Bonchev–Trinajstić information content (AvgIpc) is 3.21. The molecule has 3 N–H and O–H groups in total. The van der Waals surface area contributed by atoms with Gasteiger partial charge in [0.1, 0.15) is 11.3 Å². The number of aromatic nitrogens is 1. The van der Waals surface area contributed by atoms with Crippen molar-refractivity contribution in [3.8, 4) is 11.5 Å². The summed E-state index contributed by atoms with van der Waals surface area (Å²) in [7, 11) is 3.05. The first-order valence-electron chi connectivity index (χ1n) is 11.6. The van der Waals surface area contributed by atoms with E-state index in [2.05, 4.69) is 10.5 Å². The van der Waals surface area contributed by atoms with Crippen LogP contribution in [0.1, 0.15) is 51.6 Å². The van der Waals surface area contributed by atoms with Crippen LogP contribution in [0.3, 0.4) is 0 Å². The Morgan fingerprint density at radius 2 is 1.78 bits per heavy atom. The molecular weight excluding hydrogens is 460 g/mol. The fraction of sp³-hybridized carbons (Fsp3) is 0.370. The van der Waals surface area contributed by atoms with Gasteiger partial charge in [0.05, 0.1) is 19.9 Å². The predicted octanol–water partition coefficient (Wildman–Crippen LogP) is 4.19. The second kappa shape index (κ2) is 11.3. The number of methoxy groups -OCH3 is 2. The number of nitrogens with one attached hydrogen (secondary N) is 1. The van der Waals surface area contributed by atoms with Crippen molar-refractivity contribution in [2.24, 2.45) is 11.1 Å². The summed E-state index contributed by atoms with van der Waals surface area (Å²) in [4.78, 5) is 28.4. The Labute approximate surface area is 211 Å². The van der Waals surface area contributed by atoms with Gasteiger partial charge in [-0.25, -0.2) is 0 Å². The van der Waals surface area contributed by atoms with E-state index in [0.29, 0.717) is 52.9 Å². The number of carbonyl (C=O) groups excluding carboxylic acids is 2. The number of carbonyl (C=O) groups is 2. The highest BCUT2D eigenvalue weighted by molar-refractivity contribution is 6.05. The van der Waals surface area contributed by atoms with E-state index in [4.69, 9.17) is 19.7 Å². The van der Waals surface area contributed by atoms with Crippen LogP contribution in [0, 0.1) is 19.3 Å². The third-order valence-electron chi connectivity index (χ3n) is 5.98. The van der Waals surface area contributed by atoms with Crippen LogP contribution in [0.25, 0.3) is 0 Å². The van der Waals surface area contributed by atoms with Gasteiger partial charge in [-0.05, 0) is 55.6 Å². The number of para-hydroxylation sites is 1. The Balaban J connectivity index is 1.91. The fourth-order valence-corrected chi connectivity index (χ4v) is 3.88. The molecule has 9 nitrogen and oxygen atoms in total. The molecule has 0 unspecified atom stereocenters. The summed E-state index contributed by atoms with van der Waals surface area (Å²) in [6.07, 6.45) is 0. The summed E-state index contributed by atoms with van der Waals surface area (Å²) >= 11 is 0. The summed E-state index contributed by atoms with van der Waals surface area (Å²) in [5.74, 6) is 0.940. The molecule has 1 aromatic heterocycles. The minimum absolute atomic E-state index is 0.200. The van der Waals surface area contributed by atoms with Gasteiger partial charge in [0, 0.05) is 24.3 Å². The van der Waals surface area contributed by atoms with Gasteiger partial charge in [-0.1, -0.05) is 37.2 Å². The van der Waals surface area contributed by atoms with Gasteiger partial charge < -0.3 is 29.9 Å². The smallest absolute Gasteiger partial charge is 0.259 e. The number of benzene rings is 2. The van der Waals surface area contributed by atoms with Gasteiger partial charge in [0.25, 0.3) is 11.8 Å². The standard InChI is InChI=1S/C27H34N4O5/c1-17-24(18(2)36-30-17)26(33)31(16-27(3,4)15-28)14-20-9-7-8-10-21(20)29-25(32)19-11-12-22(34-5)23(13-19)35-6/h7-13H,14-16,28H2,1-6H3,(H,29,32). The molecule has 36 heavy (non-hydrogen) atoms. The van der Waals surface area contributed by atoms with Crippen LogP contribution in [0.5, 0.6) is 11.5 Å². The molecule has 2 aromatic carbocycles. The maximum absolute atomic E-state index is 13.6. The van der Waals surface area contributed by atoms with E-state index >= 15 is 0 Å². The zero-order valence-electron chi connectivity index (χ0n) is 21.7. The van der Waals surface area contributed by atoms with Crippen LogP contribution in [0.4, 0.5) is 5.69 Å². The lowest BCUT2D eigenvalue weighted by Gasteiger charge is -2.32. The lowest BCUT2D eigenvalue weighted by atomic mass is 9.92. The Kier molecular flexibility index (Phi) is 8.37. The molecule has 0 saturated carbocycles. The minimum Gasteiger partial charge on any atom is -0.493 e. The highest BCUT2D eigenvalue weighted by Crippen LogP contribution is 2.29. The summed E-state index contributed by atoms with van der Waals surface area (Å²) < 4.78 is 15.8. The molecule has 0 radical (unpaired) electrons. The highest BCUT2D eigenvalue weighted by Gasteiger charge is 2.29. The van der Waals surface area contributed by atoms with E-state index in [9.17, 15) is 9.59 Å². The fourth-order valence-electron chi connectivity index (χ4n) is 3.88. The summed E-state index contributed by atoms with van der Waals surface area (Å²) in [5.41, 5.74) is 8.42. The van der Waals surface area contributed by atoms with Gasteiger partial charge in [-0.2, -0.15) is 0 Å². The van der Waals surface area contributed by atoms with Crippen LogP contribution in [-0.4, -0.2) is 49.2 Å². The summed E-state index contributed by atoms with van der Waals surface area (Å²) in [6, 6.07) is 12.3. The van der Waals surface area contributed by atoms with Crippen molar-refractivity contribution in [3.63, 3.8) is 0 Å². The van der Waals surface area contributed by atoms with Crippen molar-refractivity contribution in [1.29, 1.82) is 0 Å². The molecule has 192 valence electrons. The zero-order valence-corrected chi connectivity index (χ0v) is 21.7. The first kappa shape index (κ1) is 26.7. The Morgan fingerprint density at radius 1 is 1.08 bits per heavy atom. The van der Waals surface area contributed by atoms with Crippen LogP contribution < -0.4 is 20.5 Å². The van der Waals surface area contributed by atoms with Crippen molar-refractivity contribution >= 4 is 17.5 Å². The summed E-state index contributed by atoms with van der Waals surface area (Å²) in [5, 5.41) is 6.90. The minimum atomic E-state index is -0.327. The first-order valence-corrected chi connectivity index (χ1v) is 11.6. The predicted molar refractivity (Wildman–Crippen MR) is 137 cm³/mol. The van der Waals surface area contributed by atoms with Gasteiger partial charge in [0.2, 0.25) is 0 Å². The van der Waals surface area contributed by atoms with Crippen molar-refractivity contribution in [3.05, 3.63) is 70.6 Å². The van der Waals surface area contributed by atoms with Crippen LogP contribution in [0.2, 0.25) is 0 Å². The van der Waals surface area contributed by atoms with Crippen molar-refractivity contribution in [2.45, 2.75) is 34.2 Å². The third-order valence-corrected chi connectivity index (χ3v) is 5.98. The van der Waals surface area contributed by atoms with Crippen molar-refractivity contribution in [1.82, 2.24) is 10.1 Å². The maximum atomic E-state index is 13.6. The normalized spacial score (nSPS) is 11.2. The first-order chi connectivity index (χ1) is 17.1. The molecular formula is C27H34N4O5. The quantitative estimate of drug-likeness (QED) is 0.434. The van der Waals surface area contributed by atoms with Crippen LogP contribution in [0.15, 0.2) is 47.0 Å². The summed E-state index contributed by atoms with van der Waals surface area (Å²) in [6.45, 7) is 8.54. The molecule has 0 saturated heterocycles. The second-order valence-corrected chi connectivity index (χ2v) is 9.41. The molecule has 0 atom stereocenters. The van der Waals surface area contributed by atoms with Gasteiger partial charge >= 0.3 is 0 Å². The molecule has 3 aromatic rings. The second-order valence-electron chi connectivity index (χ2n) is 9.41. The number of nitrogens with zero attached hydrogens (tertiary/aromatic N) is 2. The van der Waals surface area contributed by atoms with Gasteiger partial charge in [-0.15, -0.1) is 0 Å². The third kappa shape index (κ3) is 6.04. The molecule has 0 aliphatic rings. The molecule has 1 heterocycles. The largest absolute Gasteiger partial charge is 0.493 e. The van der Waals surface area contributed by atoms with E-state index in [1.165, 1.54) is 14.2 Å². The van der Waals surface area contributed by atoms with Crippen LogP contribution >= 0.6 is 0 Å². The highest BCUT2D eigenvalue weighted by atomic mass is 16.5. The molecule has 3 rings (SSSR count). The molecule has 0 aliphatic carbocycles. The van der Waals surface area contributed by atoms with E-state index in [1.54, 1.807) is 43.0 Å². The van der Waals surface area contributed by atoms with E-state index < -0.39 is 0 Å². The number of anilines is 1. The molecule has 2 amide bonds. The molecule has 0 fully saturated rings. The number of nitrogens with two attached hydrogens (primary N) is 1. The van der Waals surface area contributed by atoms with E-state index in [1.807, 2.05) is 32.0 Å². The van der Waals surface area contributed by atoms with Gasteiger partial charge in [0.15, 0.2) is 11.5 Å². The lowest BCUT2D eigenvalue weighted by Crippen LogP contribution is -2.42. The van der Waals surface area contributed by atoms with Gasteiger partial charge in [-0.3, -0.25) is 9.59 Å². The zero-order chi connectivity index (χ0) is 26.5. The monoisotopic (exact) mass is 494 g/mol. The molecule has 0 aliphatic heterocycles. The Bertz CT molecular complexity index is 1220. The maximum Gasteiger partial charge on any atom is 0.259 e. The number of rotatable bonds is 10. The SMILES string of the molecule is COc1ccc(C(=O)Nc2ccccc2CN(CC(C)(C)CN)C(=O)c2c(C)noc2C)cc1OC. The number of hydrogen-bond acceptors (Lipinski definition) is 7. The number of hydrogen-bond donors (Lipinski definition) is 2. The van der Waals surface area contributed by atoms with Crippen molar-refractivity contribution in [2.75, 3.05) is 32.6 Å². The number of amides is 2. The number of aryl methyl sites for hydroxylation is 2. The average molecular weight is 495 g/mol.